The van der Waals surface area contributed by atoms with Crippen LogP contribution in [0.5, 0.6) is 11.5 Å². The Labute approximate surface area is 260 Å². The van der Waals surface area contributed by atoms with Gasteiger partial charge >= 0.3 is 0 Å². The minimum atomic E-state index is -2.69. The number of Topliss-reactive ketones (excluding diaryl/α,β-unsaturated/α-hetero) is 2. The van der Waals surface area contributed by atoms with E-state index in [0.29, 0.717) is 41.8 Å². The van der Waals surface area contributed by atoms with Crippen molar-refractivity contribution < 1.29 is 39.5 Å². The number of carbonyl (C=O) groups is 3. The van der Waals surface area contributed by atoms with Gasteiger partial charge in [0.05, 0.1) is 11.6 Å². The Morgan fingerprint density at radius 3 is 2.42 bits per heavy atom. The Morgan fingerprint density at radius 1 is 1.11 bits per heavy atom. The van der Waals surface area contributed by atoms with Gasteiger partial charge in [-0.1, -0.05) is 12.1 Å². The van der Waals surface area contributed by atoms with E-state index >= 15 is 0 Å². The maximum Gasteiger partial charge on any atom is 0.255 e. The first kappa shape index (κ1) is 31.0. The smallest absolute Gasteiger partial charge is 0.255 e. The van der Waals surface area contributed by atoms with Gasteiger partial charge in [0.25, 0.3) is 5.91 Å². The molecule has 0 spiro atoms. The van der Waals surface area contributed by atoms with Gasteiger partial charge in [0, 0.05) is 40.9 Å². The van der Waals surface area contributed by atoms with Gasteiger partial charge in [0.15, 0.2) is 11.4 Å². The molecule has 1 saturated heterocycles. The third-order valence-electron chi connectivity index (χ3n) is 9.85. The van der Waals surface area contributed by atoms with Gasteiger partial charge in [-0.3, -0.25) is 24.2 Å². The summed E-state index contributed by atoms with van der Waals surface area (Å²) >= 11 is 0. The van der Waals surface area contributed by atoms with Gasteiger partial charge in [-0.15, -0.1) is 0 Å². The van der Waals surface area contributed by atoms with Gasteiger partial charge in [-0.25, -0.2) is 0 Å². The molecule has 0 aromatic heterocycles. The predicted molar refractivity (Wildman–Crippen MR) is 166 cm³/mol. The number of likely N-dealkylation sites (tertiary alicyclic amines) is 1. The molecule has 1 saturated carbocycles. The summed E-state index contributed by atoms with van der Waals surface area (Å²) in [5, 5.41) is 47.7. The van der Waals surface area contributed by atoms with E-state index < -0.39 is 58.0 Å². The van der Waals surface area contributed by atoms with Crippen LogP contribution in [0, 0.1) is 11.8 Å². The maximum atomic E-state index is 14.2. The second kappa shape index (κ2) is 11.1. The summed E-state index contributed by atoms with van der Waals surface area (Å²) in [5.74, 6) is -6.30. The van der Waals surface area contributed by atoms with Crippen molar-refractivity contribution in [2.75, 3.05) is 54.4 Å². The normalized spacial score (nSPS) is 26.7. The van der Waals surface area contributed by atoms with Gasteiger partial charge in [0.2, 0.25) is 5.78 Å². The molecule has 12 heteroatoms. The maximum absolute atomic E-state index is 14.2. The van der Waals surface area contributed by atoms with Crippen LogP contribution < -0.4 is 10.5 Å². The molecule has 1 amide bonds. The van der Waals surface area contributed by atoms with E-state index in [2.05, 4.69) is 4.90 Å². The molecule has 1 aliphatic heterocycles. The molecule has 4 atom stereocenters. The summed E-state index contributed by atoms with van der Waals surface area (Å²) in [4.78, 5) is 45.6. The third-order valence-corrected chi connectivity index (χ3v) is 9.85. The van der Waals surface area contributed by atoms with Crippen molar-refractivity contribution in [2.24, 2.45) is 17.6 Å². The molecular formula is C33H40N4O8. The average Bonchev–Trinajstić information content (AvgIpc) is 2.94. The molecule has 0 bridgehead atoms. The first-order valence-corrected chi connectivity index (χ1v) is 15.2. The SMILES string of the molecule is CN(C)CCOc1c2c(c(O)c3cc(CN4CCC4)ccc13)C(O)=C1C(=O)[C@]3(O)C(O)=C(C(N)=O)C(=O)[C@@H](N(C)C)[C@@H]3C[C@@H]1C2. The first-order chi connectivity index (χ1) is 21.3. The number of phenolic OH excluding ortho intramolecular Hbond substituents is 1. The van der Waals surface area contributed by atoms with E-state index in [1.807, 2.05) is 37.2 Å². The summed E-state index contributed by atoms with van der Waals surface area (Å²) in [6, 6.07) is 4.63. The lowest BCUT2D eigenvalue weighted by molar-refractivity contribution is -0.153. The highest BCUT2D eigenvalue weighted by molar-refractivity contribution is 6.24. The number of nitrogens with zero attached hydrogens (tertiary/aromatic N) is 3. The minimum absolute atomic E-state index is 0.0104. The van der Waals surface area contributed by atoms with Crippen molar-refractivity contribution in [2.45, 2.75) is 37.5 Å². The van der Waals surface area contributed by atoms with Gasteiger partial charge < -0.3 is 35.8 Å². The van der Waals surface area contributed by atoms with Crippen molar-refractivity contribution in [3.05, 3.63) is 51.8 Å². The topological polar surface area (TPSA) is 177 Å². The van der Waals surface area contributed by atoms with Crippen molar-refractivity contribution in [3.8, 4) is 11.5 Å². The number of phenols is 1. The fourth-order valence-electron chi connectivity index (χ4n) is 7.51. The van der Waals surface area contributed by atoms with Crippen LogP contribution in [0.2, 0.25) is 0 Å². The summed E-state index contributed by atoms with van der Waals surface area (Å²) in [5.41, 5.74) is 3.23. The second-order valence-corrected chi connectivity index (χ2v) is 13.2. The molecule has 6 N–H and O–H groups in total. The molecule has 4 aliphatic rings. The Morgan fingerprint density at radius 2 is 1.82 bits per heavy atom. The van der Waals surface area contributed by atoms with Crippen LogP contribution in [0.25, 0.3) is 16.5 Å². The zero-order valence-electron chi connectivity index (χ0n) is 26.0. The van der Waals surface area contributed by atoms with Crippen LogP contribution in [-0.4, -0.2) is 119 Å². The number of hydrogen-bond donors (Lipinski definition) is 5. The second-order valence-electron chi connectivity index (χ2n) is 13.2. The lowest BCUT2D eigenvalue weighted by Crippen LogP contribution is -2.65. The Kier molecular flexibility index (Phi) is 7.67. The number of ketones is 2. The number of hydrogen-bond acceptors (Lipinski definition) is 11. The highest BCUT2D eigenvalue weighted by atomic mass is 16.5. The van der Waals surface area contributed by atoms with E-state index in [4.69, 9.17) is 10.5 Å². The Balaban J connectivity index is 1.55. The van der Waals surface area contributed by atoms with Gasteiger partial charge in [-0.2, -0.15) is 0 Å². The molecule has 3 aliphatic carbocycles. The molecule has 0 radical (unpaired) electrons. The summed E-state index contributed by atoms with van der Waals surface area (Å²) in [7, 11) is 6.99. The molecule has 2 fully saturated rings. The summed E-state index contributed by atoms with van der Waals surface area (Å²) in [6.45, 7) is 3.61. The molecule has 2 aromatic rings. The summed E-state index contributed by atoms with van der Waals surface area (Å²) in [6.07, 6.45) is 1.30. The predicted octanol–water partition coefficient (Wildman–Crippen LogP) is 1.26. The monoisotopic (exact) mass is 620 g/mol. The molecule has 2 aromatic carbocycles. The Hall–Kier alpha value is -3.97. The van der Waals surface area contributed by atoms with Crippen molar-refractivity contribution in [1.29, 1.82) is 0 Å². The number of aromatic hydroxyl groups is 1. The van der Waals surface area contributed by atoms with Crippen LogP contribution in [-0.2, 0) is 27.3 Å². The number of fused-ring (bicyclic) bond motifs is 4. The van der Waals surface area contributed by atoms with E-state index in [0.717, 1.165) is 25.1 Å². The van der Waals surface area contributed by atoms with Crippen molar-refractivity contribution >= 4 is 34.0 Å². The van der Waals surface area contributed by atoms with Crippen LogP contribution in [0.15, 0.2) is 35.1 Å². The number of amides is 1. The van der Waals surface area contributed by atoms with E-state index in [1.54, 1.807) is 14.1 Å². The largest absolute Gasteiger partial charge is 0.508 e. The van der Waals surface area contributed by atoms with Gasteiger partial charge in [0.1, 0.15) is 35.2 Å². The van der Waals surface area contributed by atoms with Crippen molar-refractivity contribution in [3.63, 3.8) is 0 Å². The molecular weight excluding hydrogens is 580 g/mol. The van der Waals surface area contributed by atoms with Crippen LogP contribution in [0.3, 0.4) is 0 Å². The lowest BCUT2D eigenvalue weighted by Gasteiger charge is -2.50. The lowest BCUT2D eigenvalue weighted by atomic mass is 9.57. The number of aliphatic hydroxyl groups excluding tert-OH is 2. The molecule has 240 valence electrons. The van der Waals surface area contributed by atoms with E-state index in [-0.39, 0.29) is 29.7 Å². The number of carbonyl (C=O) groups excluding carboxylic acids is 3. The van der Waals surface area contributed by atoms with Crippen molar-refractivity contribution in [1.82, 2.24) is 14.7 Å². The van der Waals surface area contributed by atoms with Crippen LogP contribution in [0.4, 0.5) is 0 Å². The number of benzene rings is 2. The third kappa shape index (κ3) is 4.70. The highest BCUT2D eigenvalue weighted by Crippen LogP contribution is 2.55. The average molecular weight is 621 g/mol. The number of rotatable bonds is 8. The van der Waals surface area contributed by atoms with Crippen LogP contribution >= 0.6 is 0 Å². The Bertz CT molecular complexity index is 1690. The molecule has 6 rings (SSSR count). The summed E-state index contributed by atoms with van der Waals surface area (Å²) < 4.78 is 6.36. The quantitative estimate of drug-likeness (QED) is 0.269. The molecule has 0 unspecified atom stereocenters. The zero-order valence-corrected chi connectivity index (χ0v) is 26.0. The number of ether oxygens (including phenoxy) is 1. The van der Waals surface area contributed by atoms with Crippen LogP contribution in [0.1, 0.15) is 29.5 Å². The highest BCUT2D eigenvalue weighted by Gasteiger charge is 2.64. The number of nitrogens with two attached hydrogens (primary N) is 1. The standard InChI is InChI=1S/C33H40N4O8/c1-35(2)10-11-45-29-18-7-6-16(15-37-8-5-9-37)12-19(18)26(38)23-20(29)13-17-14-21-25(36(3)4)28(40)24(32(34)43)31(42)33(21,44)30(41)22(17)27(23)39/h6-7,12,17,21,25,38-39,42,44H,5,8-11,13-15H2,1-4H3,(H2,34,43)/t17-,21-,25-,33-/m0/s1. The fourth-order valence-corrected chi connectivity index (χ4v) is 7.51. The van der Waals surface area contributed by atoms with E-state index in [1.165, 1.54) is 4.90 Å². The number of likely N-dealkylation sites (N-methyl/N-ethyl adjacent to an activating group) is 2. The molecule has 45 heavy (non-hydrogen) atoms. The molecule has 1 heterocycles. The van der Waals surface area contributed by atoms with Gasteiger partial charge in [-0.05, 0) is 78.1 Å². The minimum Gasteiger partial charge on any atom is -0.508 e. The van der Waals surface area contributed by atoms with E-state index in [9.17, 15) is 34.8 Å². The molecule has 12 nitrogen and oxygen atoms in total. The number of aliphatic hydroxyl groups is 3. The number of primary amides is 1. The fraction of sp³-hybridized carbons (Fsp3) is 0.485. The zero-order chi connectivity index (χ0) is 32.5. The first-order valence-electron chi connectivity index (χ1n) is 15.2.